The SMILES string of the molecule is NCCCC[C@H](NC(=O)CN)C(=O)Nc1ccc2ccccc2c1. The number of nitrogens with one attached hydrogen (secondary N) is 2. The third-order valence-corrected chi connectivity index (χ3v) is 3.80. The summed E-state index contributed by atoms with van der Waals surface area (Å²) in [4.78, 5) is 24.0. The zero-order valence-corrected chi connectivity index (χ0v) is 13.6. The van der Waals surface area contributed by atoms with E-state index in [1.165, 1.54) is 0 Å². The molecule has 2 amide bonds. The summed E-state index contributed by atoms with van der Waals surface area (Å²) in [5, 5.41) is 7.68. The summed E-state index contributed by atoms with van der Waals surface area (Å²) in [7, 11) is 0. The number of unbranched alkanes of at least 4 members (excludes halogenated alkanes) is 1. The minimum atomic E-state index is -0.612. The second-order valence-electron chi connectivity index (χ2n) is 5.66. The van der Waals surface area contributed by atoms with Gasteiger partial charge in [0.25, 0.3) is 0 Å². The fourth-order valence-corrected chi connectivity index (χ4v) is 2.51. The van der Waals surface area contributed by atoms with Gasteiger partial charge in [-0.2, -0.15) is 0 Å². The zero-order valence-electron chi connectivity index (χ0n) is 13.6. The maximum Gasteiger partial charge on any atom is 0.246 e. The largest absolute Gasteiger partial charge is 0.343 e. The van der Waals surface area contributed by atoms with Crippen LogP contribution in [0.2, 0.25) is 0 Å². The van der Waals surface area contributed by atoms with Gasteiger partial charge in [0.05, 0.1) is 6.54 Å². The Bertz CT molecular complexity index is 702. The molecular weight excluding hydrogens is 304 g/mol. The third-order valence-electron chi connectivity index (χ3n) is 3.80. The van der Waals surface area contributed by atoms with E-state index < -0.39 is 6.04 Å². The molecule has 0 bridgehead atoms. The van der Waals surface area contributed by atoms with E-state index in [0.717, 1.165) is 23.6 Å². The molecule has 0 unspecified atom stereocenters. The molecule has 0 aromatic heterocycles. The smallest absolute Gasteiger partial charge is 0.246 e. The van der Waals surface area contributed by atoms with Crippen molar-refractivity contribution >= 4 is 28.3 Å². The highest BCUT2D eigenvalue weighted by atomic mass is 16.2. The van der Waals surface area contributed by atoms with Crippen LogP contribution in [0.1, 0.15) is 19.3 Å². The van der Waals surface area contributed by atoms with Crippen molar-refractivity contribution in [2.75, 3.05) is 18.4 Å². The van der Waals surface area contributed by atoms with Crippen molar-refractivity contribution in [2.24, 2.45) is 11.5 Å². The van der Waals surface area contributed by atoms with Crippen LogP contribution in [0.4, 0.5) is 5.69 Å². The zero-order chi connectivity index (χ0) is 17.4. The summed E-state index contributed by atoms with van der Waals surface area (Å²) in [6, 6.07) is 13.0. The molecule has 0 heterocycles. The van der Waals surface area contributed by atoms with Crippen molar-refractivity contribution in [3.8, 4) is 0 Å². The molecule has 0 fully saturated rings. The van der Waals surface area contributed by atoms with Crippen LogP contribution in [0.15, 0.2) is 42.5 Å². The van der Waals surface area contributed by atoms with Gasteiger partial charge in [0, 0.05) is 5.69 Å². The lowest BCUT2D eigenvalue weighted by molar-refractivity contribution is -0.125. The molecule has 0 aliphatic rings. The normalized spacial score (nSPS) is 11.9. The van der Waals surface area contributed by atoms with E-state index in [1.54, 1.807) is 0 Å². The van der Waals surface area contributed by atoms with Crippen LogP contribution in [0.5, 0.6) is 0 Å². The minimum absolute atomic E-state index is 0.142. The fraction of sp³-hybridized carbons (Fsp3) is 0.333. The molecular formula is C18H24N4O2. The van der Waals surface area contributed by atoms with Gasteiger partial charge >= 0.3 is 0 Å². The van der Waals surface area contributed by atoms with Gasteiger partial charge in [-0.3, -0.25) is 9.59 Å². The van der Waals surface area contributed by atoms with Crippen molar-refractivity contribution in [3.63, 3.8) is 0 Å². The van der Waals surface area contributed by atoms with Crippen molar-refractivity contribution in [2.45, 2.75) is 25.3 Å². The predicted octanol–water partition coefficient (Wildman–Crippen LogP) is 1.35. The molecule has 128 valence electrons. The number of rotatable bonds is 8. The van der Waals surface area contributed by atoms with E-state index in [1.807, 2.05) is 42.5 Å². The van der Waals surface area contributed by atoms with Crippen LogP contribution in [0.25, 0.3) is 10.8 Å². The van der Waals surface area contributed by atoms with Crippen LogP contribution in [0, 0.1) is 0 Å². The number of anilines is 1. The average molecular weight is 328 g/mol. The number of amides is 2. The van der Waals surface area contributed by atoms with Crippen molar-refractivity contribution < 1.29 is 9.59 Å². The Labute approximate surface area is 141 Å². The number of hydrogen-bond donors (Lipinski definition) is 4. The molecule has 24 heavy (non-hydrogen) atoms. The van der Waals surface area contributed by atoms with E-state index in [-0.39, 0.29) is 18.4 Å². The molecule has 0 radical (unpaired) electrons. The van der Waals surface area contributed by atoms with E-state index in [2.05, 4.69) is 10.6 Å². The highest BCUT2D eigenvalue weighted by Gasteiger charge is 2.20. The minimum Gasteiger partial charge on any atom is -0.343 e. The first-order valence-electron chi connectivity index (χ1n) is 8.13. The van der Waals surface area contributed by atoms with Gasteiger partial charge in [0.2, 0.25) is 11.8 Å². The summed E-state index contributed by atoms with van der Waals surface area (Å²) in [5.41, 5.74) is 11.5. The molecule has 2 aromatic rings. The standard InChI is InChI=1S/C18H24N4O2/c19-10-4-3-7-16(22-17(23)12-20)18(24)21-15-9-8-13-5-1-2-6-14(13)11-15/h1-2,5-6,8-9,11,16H,3-4,7,10,12,19-20H2,(H,21,24)(H,22,23)/t16-/m0/s1. The number of carbonyl (C=O) groups is 2. The molecule has 6 nitrogen and oxygen atoms in total. The quantitative estimate of drug-likeness (QED) is 0.548. The number of hydrogen-bond acceptors (Lipinski definition) is 4. The first kappa shape index (κ1) is 17.9. The average Bonchev–Trinajstić information content (AvgIpc) is 2.60. The second kappa shape index (κ2) is 9.00. The van der Waals surface area contributed by atoms with Gasteiger partial charge in [0.15, 0.2) is 0 Å². The van der Waals surface area contributed by atoms with E-state index in [0.29, 0.717) is 18.7 Å². The number of fused-ring (bicyclic) bond motifs is 1. The van der Waals surface area contributed by atoms with E-state index in [4.69, 9.17) is 11.5 Å². The Morgan fingerprint density at radius 3 is 2.46 bits per heavy atom. The first-order valence-corrected chi connectivity index (χ1v) is 8.13. The van der Waals surface area contributed by atoms with Gasteiger partial charge in [0.1, 0.15) is 6.04 Å². The van der Waals surface area contributed by atoms with Crippen LogP contribution < -0.4 is 22.1 Å². The van der Waals surface area contributed by atoms with E-state index >= 15 is 0 Å². The van der Waals surface area contributed by atoms with Crippen LogP contribution >= 0.6 is 0 Å². The summed E-state index contributed by atoms with van der Waals surface area (Å²) < 4.78 is 0. The first-order chi connectivity index (χ1) is 11.6. The molecule has 0 aliphatic heterocycles. The van der Waals surface area contributed by atoms with Gasteiger partial charge in [-0.05, 0) is 48.7 Å². The molecule has 0 saturated heterocycles. The Kier molecular flexibility index (Phi) is 6.72. The highest BCUT2D eigenvalue weighted by Crippen LogP contribution is 2.19. The van der Waals surface area contributed by atoms with Crippen molar-refractivity contribution in [1.29, 1.82) is 0 Å². The lowest BCUT2D eigenvalue weighted by Gasteiger charge is -2.18. The molecule has 0 aliphatic carbocycles. The summed E-state index contributed by atoms with van der Waals surface area (Å²) in [5.74, 6) is -0.592. The second-order valence-corrected chi connectivity index (χ2v) is 5.66. The molecule has 6 N–H and O–H groups in total. The Balaban J connectivity index is 2.07. The van der Waals surface area contributed by atoms with E-state index in [9.17, 15) is 9.59 Å². The predicted molar refractivity (Wildman–Crippen MR) is 96.5 cm³/mol. The molecule has 2 aromatic carbocycles. The fourth-order valence-electron chi connectivity index (χ4n) is 2.51. The van der Waals surface area contributed by atoms with Crippen molar-refractivity contribution in [1.82, 2.24) is 5.32 Å². The lowest BCUT2D eigenvalue weighted by Crippen LogP contribution is -2.46. The summed E-state index contributed by atoms with van der Waals surface area (Å²) in [6.07, 6.45) is 2.10. The molecule has 2 rings (SSSR count). The van der Waals surface area contributed by atoms with Gasteiger partial charge < -0.3 is 22.1 Å². The maximum atomic E-state index is 12.5. The summed E-state index contributed by atoms with van der Waals surface area (Å²) in [6.45, 7) is 0.417. The van der Waals surface area contributed by atoms with Gasteiger partial charge in [-0.15, -0.1) is 0 Å². The number of benzene rings is 2. The highest BCUT2D eigenvalue weighted by molar-refractivity contribution is 5.99. The lowest BCUT2D eigenvalue weighted by atomic mass is 10.1. The Hall–Kier alpha value is -2.44. The van der Waals surface area contributed by atoms with Crippen LogP contribution in [-0.2, 0) is 9.59 Å². The monoisotopic (exact) mass is 328 g/mol. The molecule has 6 heteroatoms. The van der Waals surface area contributed by atoms with Crippen molar-refractivity contribution in [3.05, 3.63) is 42.5 Å². The molecule has 0 spiro atoms. The van der Waals surface area contributed by atoms with Gasteiger partial charge in [-0.25, -0.2) is 0 Å². The van der Waals surface area contributed by atoms with Gasteiger partial charge in [-0.1, -0.05) is 30.3 Å². The number of carbonyl (C=O) groups excluding carboxylic acids is 2. The molecule has 1 atom stereocenters. The van der Waals surface area contributed by atoms with Crippen LogP contribution in [0.3, 0.4) is 0 Å². The third kappa shape index (κ3) is 5.04. The van der Waals surface area contributed by atoms with Crippen LogP contribution in [-0.4, -0.2) is 30.9 Å². The Morgan fingerprint density at radius 2 is 1.75 bits per heavy atom. The number of nitrogens with two attached hydrogens (primary N) is 2. The summed E-state index contributed by atoms with van der Waals surface area (Å²) >= 11 is 0. The topological polar surface area (TPSA) is 110 Å². The Morgan fingerprint density at radius 1 is 1.00 bits per heavy atom. The maximum absolute atomic E-state index is 12.5. The molecule has 0 saturated carbocycles.